The quantitative estimate of drug-likeness (QED) is 0.570. The first-order valence-corrected chi connectivity index (χ1v) is 5.36. The van der Waals surface area contributed by atoms with Gasteiger partial charge in [0.2, 0.25) is 5.91 Å². The molecule has 2 nitrogen and oxygen atoms in total. The van der Waals surface area contributed by atoms with Crippen LogP contribution >= 0.6 is 22.6 Å². The van der Waals surface area contributed by atoms with Crippen molar-refractivity contribution in [2.45, 2.75) is 42.6 Å². The van der Waals surface area contributed by atoms with Crippen molar-refractivity contribution in [2.24, 2.45) is 0 Å². The first kappa shape index (κ1) is 9.29. The third-order valence-corrected chi connectivity index (χ3v) is 3.56. The van der Waals surface area contributed by atoms with Crippen molar-refractivity contribution < 1.29 is 4.79 Å². The molecule has 0 heterocycles. The summed E-state index contributed by atoms with van der Waals surface area (Å²) in [7, 11) is 0. The van der Waals surface area contributed by atoms with E-state index in [2.05, 4.69) is 27.9 Å². The molecule has 1 amide bonds. The van der Waals surface area contributed by atoms with Gasteiger partial charge in [0.15, 0.2) is 0 Å². The molecule has 0 unspecified atom stereocenters. The first-order chi connectivity index (χ1) is 5.20. The van der Waals surface area contributed by atoms with E-state index in [1.165, 1.54) is 19.3 Å². The highest BCUT2D eigenvalue weighted by Gasteiger charge is 2.22. The average Bonchev–Trinajstić information content (AvgIpc) is 1.93. The van der Waals surface area contributed by atoms with Gasteiger partial charge in [-0.25, -0.2) is 0 Å². The second-order valence-corrected chi connectivity index (χ2v) is 4.71. The van der Waals surface area contributed by atoms with E-state index in [0.717, 1.165) is 6.42 Å². The molecule has 64 valence electrons. The molecule has 0 aliphatic heterocycles. The van der Waals surface area contributed by atoms with E-state index >= 15 is 0 Å². The van der Waals surface area contributed by atoms with Crippen molar-refractivity contribution in [3.05, 3.63) is 0 Å². The van der Waals surface area contributed by atoms with E-state index in [0.29, 0.717) is 9.97 Å². The van der Waals surface area contributed by atoms with Crippen molar-refractivity contribution in [1.82, 2.24) is 5.32 Å². The van der Waals surface area contributed by atoms with Crippen LogP contribution in [0.15, 0.2) is 0 Å². The Hall–Kier alpha value is 0.200. The highest BCUT2D eigenvalue weighted by atomic mass is 127. The van der Waals surface area contributed by atoms with Crippen LogP contribution in [-0.4, -0.2) is 15.9 Å². The van der Waals surface area contributed by atoms with Crippen LogP contribution in [0.1, 0.15) is 32.6 Å². The minimum atomic E-state index is 0.110. The van der Waals surface area contributed by atoms with Gasteiger partial charge in [-0.3, -0.25) is 4.79 Å². The van der Waals surface area contributed by atoms with Gasteiger partial charge in [0, 0.05) is 16.9 Å². The fourth-order valence-electron chi connectivity index (χ4n) is 1.51. The predicted octanol–water partition coefficient (Wildman–Crippen LogP) is 1.87. The van der Waals surface area contributed by atoms with E-state index in [9.17, 15) is 4.79 Å². The first-order valence-electron chi connectivity index (χ1n) is 4.11. The Kier molecular flexibility index (Phi) is 3.62. The molecule has 0 aromatic rings. The number of hydrogen-bond donors (Lipinski definition) is 1. The van der Waals surface area contributed by atoms with Gasteiger partial charge in [0.1, 0.15) is 0 Å². The van der Waals surface area contributed by atoms with Gasteiger partial charge in [0.25, 0.3) is 0 Å². The molecule has 3 heteroatoms. The molecule has 1 aliphatic rings. The number of halogens is 1. The Bertz CT molecular complexity index is 149. The van der Waals surface area contributed by atoms with Gasteiger partial charge in [-0.15, -0.1) is 0 Å². The molecule has 0 radical (unpaired) electrons. The molecule has 1 N–H and O–H groups in total. The number of nitrogens with one attached hydrogen (secondary N) is 1. The lowest BCUT2D eigenvalue weighted by atomic mass is 9.95. The Morgan fingerprint density at radius 1 is 1.45 bits per heavy atom. The maximum absolute atomic E-state index is 10.7. The summed E-state index contributed by atoms with van der Waals surface area (Å²) in [4.78, 5) is 10.7. The van der Waals surface area contributed by atoms with E-state index in [1.807, 2.05) is 0 Å². The zero-order valence-corrected chi connectivity index (χ0v) is 8.93. The fourth-order valence-corrected chi connectivity index (χ4v) is 2.49. The van der Waals surface area contributed by atoms with Gasteiger partial charge in [-0.1, -0.05) is 35.4 Å². The number of alkyl halides is 1. The summed E-state index contributed by atoms with van der Waals surface area (Å²) in [6.07, 6.45) is 5.01. The molecule has 0 saturated heterocycles. The smallest absolute Gasteiger partial charge is 0.217 e. The number of carbonyl (C=O) groups is 1. The van der Waals surface area contributed by atoms with Crippen molar-refractivity contribution in [2.75, 3.05) is 0 Å². The summed E-state index contributed by atoms with van der Waals surface area (Å²) in [5.41, 5.74) is 0. The molecule has 1 saturated carbocycles. The number of carbonyl (C=O) groups excluding carboxylic acids is 1. The minimum absolute atomic E-state index is 0.110. The van der Waals surface area contributed by atoms with Crippen LogP contribution < -0.4 is 5.32 Å². The normalized spacial score (nSPS) is 31.5. The standard InChI is InChI=1S/C8H14INO/c1-6(11)10-8-5-3-2-4-7(8)9/h7-8H,2-5H2,1H3,(H,10,11)/t7-,8+/m1/s1. The van der Waals surface area contributed by atoms with Crippen molar-refractivity contribution in [3.8, 4) is 0 Å². The Morgan fingerprint density at radius 2 is 2.09 bits per heavy atom. The largest absolute Gasteiger partial charge is 0.353 e. The molecule has 0 aromatic carbocycles. The second-order valence-electron chi connectivity index (χ2n) is 3.11. The fraction of sp³-hybridized carbons (Fsp3) is 0.875. The molecule has 1 rings (SSSR count). The van der Waals surface area contributed by atoms with Crippen LogP contribution in [0.25, 0.3) is 0 Å². The van der Waals surface area contributed by atoms with Crippen LogP contribution in [0.2, 0.25) is 0 Å². The van der Waals surface area contributed by atoms with Crippen LogP contribution in [0.4, 0.5) is 0 Å². The topological polar surface area (TPSA) is 29.1 Å². The van der Waals surface area contributed by atoms with Gasteiger partial charge in [-0.2, -0.15) is 0 Å². The number of rotatable bonds is 1. The van der Waals surface area contributed by atoms with Crippen molar-refractivity contribution in [3.63, 3.8) is 0 Å². The summed E-state index contributed by atoms with van der Waals surface area (Å²) in [6, 6.07) is 0.432. The SMILES string of the molecule is CC(=O)N[C@H]1CCCC[C@H]1I. The number of amides is 1. The molecule has 0 aromatic heterocycles. The summed E-state index contributed by atoms with van der Waals surface area (Å²) in [5, 5.41) is 2.99. The number of hydrogen-bond acceptors (Lipinski definition) is 1. The highest BCUT2D eigenvalue weighted by Crippen LogP contribution is 2.24. The zero-order chi connectivity index (χ0) is 8.27. The van der Waals surface area contributed by atoms with E-state index in [-0.39, 0.29) is 5.91 Å². The molecule has 2 atom stereocenters. The average molecular weight is 267 g/mol. The third kappa shape index (κ3) is 2.97. The van der Waals surface area contributed by atoms with Gasteiger partial charge in [-0.05, 0) is 12.8 Å². The van der Waals surface area contributed by atoms with E-state index < -0.39 is 0 Å². The summed E-state index contributed by atoms with van der Waals surface area (Å²) < 4.78 is 0.644. The van der Waals surface area contributed by atoms with Gasteiger partial charge >= 0.3 is 0 Å². The Balaban J connectivity index is 2.35. The zero-order valence-electron chi connectivity index (χ0n) is 6.77. The molecule has 0 spiro atoms. The molecular weight excluding hydrogens is 253 g/mol. The molecule has 1 fully saturated rings. The maximum atomic E-state index is 10.7. The van der Waals surface area contributed by atoms with Gasteiger partial charge < -0.3 is 5.32 Å². The van der Waals surface area contributed by atoms with Gasteiger partial charge in [0.05, 0.1) is 0 Å². The molecule has 11 heavy (non-hydrogen) atoms. The molecule has 1 aliphatic carbocycles. The lowest BCUT2D eigenvalue weighted by Gasteiger charge is -2.27. The van der Waals surface area contributed by atoms with E-state index in [1.54, 1.807) is 6.92 Å². The van der Waals surface area contributed by atoms with Crippen LogP contribution in [-0.2, 0) is 4.79 Å². The lowest BCUT2D eigenvalue weighted by Crippen LogP contribution is -2.41. The highest BCUT2D eigenvalue weighted by molar-refractivity contribution is 14.1. The second kappa shape index (κ2) is 4.28. The summed E-state index contributed by atoms with van der Waals surface area (Å²) in [6.45, 7) is 1.60. The minimum Gasteiger partial charge on any atom is -0.353 e. The summed E-state index contributed by atoms with van der Waals surface area (Å²) in [5.74, 6) is 0.110. The van der Waals surface area contributed by atoms with Crippen molar-refractivity contribution in [1.29, 1.82) is 0 Å². The summed E-state index contributed by atoms with van der Waals surface area (Å²) >= 11 is 2.44. The Morgan fingerprint density at radius 3 is 2.64 bits per heavy atom. The van der Waals surface area contributed by atoms with E-state index in [4.69, 9.17) is 0 Å². The van der Waals surface area contributed by atoms with Crippen molar-refractivity contribution >= 4 is 28.5 Å². The van der Waals surface area contributed by atoms with Crippen LogP contribution in [0, 0.1) is 0 Å². The monoisotopic (exact) mass is 267 g/mol. The van der Waals surface area contributed by atoms with Crippen LogP contribution in [0.5, 0.6) is 0 Å². The maximum Gasteiger partial charge on any atom is 0.217 e. The molecule has 0 bridgehead atoms. The molecular formula is C8H14INO. The third-order valence-electron chi connectivity index (χ3n) is 2.07. The van der Waals surface area contributed by atoms with Crippen LogP contribution in [0.3, 0.4) is 0 Å². The lowest BCUT2D eigenvalue weighted by molar-refractivity contribution is -0.119. The Labute approximate surface area is 81.3 Å². The predicted molar refractivity (Wildman–Crippen MR) is 53.9 cm³/mol.